The van der Waals surface area contributed by atoms with Gasteiger partial charge in [-0.05, 0) is 79.4 Å². The van der Waals surface area contributed by atoms with E-state index in [4.69, 9.17) is 14.2 Å². The molecule has 4 bridgehead atoms. The number of amides is 1. The predicted octanol–water partition coefficient (Wildman–Crippen LogP) is 4.50. The van der Waals surface area contributed by atoms with Gasteiger partial charge in [0.2, 0.25) is 11.7 Å². The Labute approximate surface area is 177 Å². The first-order valence-corrected chi connectivity index (χ1v) is 11.8. The van der Waals surface area contributed by atoms with Gasteiger partial charge >= 0.3 is 0 Å². The molecule has 0 radical (unpaired) electrons. The number of hydrogen-bond acceptors (Lipinski definition) is 5. The molecular weight excluding hydrogens is 386 g/mol. The van der Waals surface area contributed by atoms with Gasteiger partial charge in [-0.3, -0.25) is 4.79 Å². The number of rotatable bonds is 6. The lowest BCUT2D eigenvalue weighted by molar-refractivity contribution is -0.134. The topological polar surface area (TPSA) is 48.0 Å². The van der Waals surface area contributed by atoms with Gasteiger partial charge in [-0.2, -0.15) is 0 Å². The molecule has 4 aliphatic carbocycles. The van der Waals surface area contributed by atoms with Gasteiger partial charge in [-0.25, -0.2) is 0 Å². The second-order valence-corrected chi connectivity index (χ2v) is 10.6. The van der Waals surface area contributed by atoms with Gasteiger partial charge in [-0.1, -0.05) is 0 Å². The average molecular weight is 418 g/mol. The van der Waals surface area contributed by atoms with Crippen LogP contribution in [0.1, 0.15) is 49.5 Å². The van der Waals surface area contributed by atoms with Gasteiger partial charge in [0.05, 0.1) is 27.1 Å². The van der Waals surface area contributed by atoms with E-state index in [1.54, 1.807) is 33.1 Å². The maximum Gasteiger partial charge on any atom is 0.233 e. The molecule has 1 aromatic rings. The fourth-order valence-corrected chi connectivity index (χ4v) is 8.16. The Balaban J connectivity index is 1.44. The van der Waals surface area contributed by atoms with Crippen LogP contribution in [-0.4, -0.2) is 44.4 Å². The molecule has 1 heterocycles. The van der Waals surface area contributed by atoms with Crippen molar-refractivity contribution in [2.75, 3.05) is 33.6 Å². The van der Waals surface area contributed by atoms with Crippen molar-refractivity contribution in [3.63, 3.8) is 0 Å². The molecule has 5 aliphatic rings. The molecule has 6 rings (SSSR count). The first-order chi connectivity index (χ1) is 14.0. The first kappa shape index (κ1) is 19.4. The Morgan fingerprint density at radius 1 is 0.966 bits per heavy atom. The van der Waals surface area contributed by atoms with Crippen LogP contribution in [-0.2, 0) is 4.79 Å². The third-order valence-electron chi connectivity index (χ3n) is 7.61. The summed E-state index contributed by atoms with van der Waals surface area (Å²) in [6.07, 6.45) is 8.23. The van der Waals surface area contributed by atoms with Crippen LogP contribution >= 0.6 is 11.8 Å². The minimum atomic E-state index is 0.0178. The third-order valence-corrected chi connectivity index (χ3v) is 8.87. The molecule has 158 valence electrons. The van der Waals surface area contributed by atoms with E-state index in [2.05, 4.69) is 4.90 Å². The molecule has 0 spiro atoms. The van der Waals surface area contributed by atoms with Crippen LogP contribution in [0.15, 0.2) is 12.1 Å². The number of methoxy groups -OCH3 is 3. The molecule has 1 unspecified atom stereocenters. The molecule has 1 atom stereocenters. The van der Waals surface area contributed by atoms with Crippen LogP contribution in [0.25, 0.3) is 0 Å². The SMILES string of the molecule is COc1cc(C2SCC(=O)N2CC23CC4CC(CC(C4)C2)C3)cc(OC)c1OC. The molecule has 0 N–H and O–H groups in total. The van der Waals surface area contributed by atoms with Crippen LogP contribution in [0, 0.1) is 23.2 Å². The van der Waals surface area contributed by atoms with Crippen molar-refractivity contribution >= 4 is 17.7 Å². The zero-order valence-electron chi connectivity index (χ0n) is 17.6. The highest BCUT2D eigenvalue weighted by Gasteiger charge is 2.52. The highest BCUT2D eigenvalue weighted by Crippen LogP contribution is 2.61. The summed E-state index contributed by atoms with van der Waals surface area (Å²) in [6.45, 7) is 0.906. The summed E-state index contributed by atoms with van der Waals surface area (Å²) in [6, 6.07) is 4.01. The van der Waals surface area contributed by atoms with Crippen molar-refractivity contribution in [1.29, 1.82) is 0 Å². The molecule has 1 saturated heterocycles. The van der Waals surface area contributed by atoms with E-state index in [1.807, 2.05) is 12.1 Å². The number of thioether (sulfide) groups is 1. The van der Waals surface area contributed by atoms with Gasteiger partial charge in [0.25, 0.3) is 0 Å². The normalized spacial score (nSPS) is 35.3. The molecule has 5 fully saturated rings. The summed E-state index contributed by atoms with van der Waals surface area (Å²) in [5, 5.41) is 0.0178. The van der Waals surface area contributed by atoms with Crippen LogP contribution < -0.4 is 14.2 Å². The Kier molecular flexibility index (Phi) is 4.88. The summed E-state index contributed by atoms with van der Waals surface area (Å²) >= 11 is 1.72. The minimum Gasteiger partial charge on any atom is -0.493 e. The minimum absolute atomic E-state index is 0.0178. The molecule has 1 amide bonds. The number of ether oxygens (including phenoxy) is 3. The number of carbonyl (C=O) groups excluding carboxylic acids is 1. The Morgan fingerprint density at radius 2 is 1.52 bits per heavy atom. The van der Waals surface area contributed by atoms with Gasteiger partial charge in [-0.15, -0.1) is 11.8 Å². The molecule has 4 saturated carbocycles. The molecular formula is C23H31NO4S. The maximum atomic E-state index is 12.9. The van der Waals surface area contributed by atoms with Crippen molar-refractivity contribution in [2.45, 2.75) is 43.9 Å². The number of carbonyl (C=O) groups is 1. The van der Waals surface area contributed by atoms with E-state index in [0.717, 1.165) is 29.9 Å². The van der Waals surface area contributed by atoms with Gasteiger partial charge in [0, 0.05) is 6.54 Å². The summed E-state index contributed by atoms with van der Waals surface area (Å²) < 4.78 is 16.6. The van der Waals surface area contributed by atoms with E-state index in [1.165, 1.54) is 38.5 Å². The van der Waals surface area contributed by atoms with E-state index in [0.29, 0.717) is 28.4 Å². The van der Waals surface area contributed by atoms with Crippen LogP contribution in [0.5, 0.6) is 17.2 Å². The second kappa shape index (κ2) is 7.29. The zero-order valence-corrected chi connectivity index (χ0v) is 18.4. The van der Waals surface area contributed by atoms with Crippen molar-refractivity contribution in [2.24, 2.45) is 23.2 Å². The predicted molar refractivity (Wildman–Crippen MR) is 114 cm³/mol. The fourth-order valence-electron chi connectivity index (χ4n) is 6.99. The lowest BCUT2D eigenvalue weighted by Gasteiger charge is -2.58. The molecule has 0 aromatic heterocycles. The zero-order chi connectivity index (χ0) is 20.2. The summed E-state index contributed by atoms with van der Waals surface area (Å²) in [4.78, 5) is 15.1. The van der Waals surface area contributed by atoms with E-state index in [-0.39, 0.29) is 11.3 Å². The maximum absolute atomic E-state index is 12.9. The smallest absolute Gasteiger partial charge is 0.233 e. The lowest BCUT2D eigenvalue weighted by atomic mass is 9.49. The monoisotopic (exact) mass is 417 g/mol. The fraction of sp³-hybridized carbons (Fsp3) is 0.696. The number of benzene rings is 1. The van der Waals surface area contributed by atoms with Crippen molar-refractivity contribution in [1.82, 2.24) is 4.90 Å². The molecule has 1 aromatic carbocycles. The summed E-state index contributed by atoms with van der Waals surface area (Å²) in [7, 11) is 4.90. The highest BCUT2D eigenvalue weighted by molar-refractivity contribution is 8.00. The van der Waals surface area contributed by atoms with E-state index in [9.17, 15) is 4.79 Å². The van der Waals surface area contributed by atoms with E-state index >= 15 is 0 Å². The Hall–Kier alpha value is -1.56. The van der Waals surface area contributed by atoms with Crippen LogP contribution in [0.4, 0.5) is 0 Å². The molecule has 5 nitrogen and oxygen atoms in total. The van der Waals surface area contributed by atoms with Crippen LogP contribution in [0.2, 0.25) is 0 Å². The Bertz CT molecular complexity index is 750. The summed E-state index contributed by atoms with van der Waals surface area (Å²) in [5.74, 6) is 5.40. The first-order valence-electron chi connectivity index (χ1n) is 10.7. The van der Waals surface area contributed by atoms with Gasteiger partial charge in [0.15, 0.2) is 11.5 Å². The largest absolute Gasteiger partial charge is 0.493 e. The highest BCUT2D eigenvalue weighted by atomic mass is 32.2. The molecule has 6 heteroatoms. The second-order valence-electron chi connectivity index (χ2n) is 9.56. The van der Waals surface area contributed by atoms with Gasteiger partial charge < -0.3 is 19.1 Å². The molecule has 1 aliphatic heterocycles. The van der Waals surface area contributed by atoms with Crippen molar-refractivity contribution in [3.8, 4) is 17.2 Å². The lowest BCUT2D eigenvalue weighted by Crippen LogP contribution is -2.51. The number of hydrogen-bond donors (Lipinski definition) is 0. The quantitative estimate of drug-likeness (QED) is 0.682. The Morgan fingerprint density at radius 3 is 2.00 bits per heavy atom. The third kappa shape index (κ3) is 3.28. The van der Waals surface area contributed by atoms with Crippen molar-refractivity contribution in [3.05, 3.63) is 17.7 Å². The number of nitrogens with zero attached hydrogens (tertiary/aromatic N) is 1. The average Bonchev–Trinajstić information content (AvgIpc) is 3.05. The standard InChI is InChI=1S/C23H31NO4S/c1-26-18-7-17(8-19(27-2)21(18)28-3)22-24(20(25)12-29-22)13-23-9-14-4-15(10-23)6-16(5-14)11-23/h7-8,14-16,22H,4-6,9-13H2,1-3H3. The van der Waals surface area contributed by atoms with Gasteiger partial charge in [0.1, 0.15) is 5.37 Å². The summed E-state index contributed by atoms with van der Waals surface area (Å²) in [5.41, 5.74) is 1.40. The molecule has 29 heavy (non-hydrogen) atoms. The van der Waals surface area contributed by atoms with Crippen LogP contribution in [0.3, 0.4) is 0 Å². The van der Waals surface area contributed by atoms with E-state index < -0.39 is 0 Å². The van der Waals surface area contributed by atoms with Crippen molar-refractivity contribution < 1.29 is 19.0 Å².